The van der Waals surface area contributed by atoms with Gasteiger partial charge in [-0.05, 0) is 17.7 Å². The molecule has 0 rings (SSSR count). The fourth-order valence-electron chi connectivity index (χ4n) is 0.629. The Morgan fingerprint density at radius 1 is 0.667 bits per heavy atom. The number of hydrogen-bond acceptors (Lipinski definition) is 3. The smallest absolute Gasteiger partial charge is 0.328 e. The maximum absolute atomic E-state index is 10.3. The maximum Gasteiger partial charge on any atom is 0.328 e. The van der Waals surface area contributed by atoms with Crippen LogP contribution in [0.4, 0.5) is 0 Å². The molecule has 0 fully saturated rings. The van der Waals surface area contributed by atoms with E-state index in [-0.39, 0.29) is 5.57 Å². The molecule has 0 saturated heterocycles. The molecular formula is C9H8O6. The van der Waals surface area contributed by atoms with E-state index in [2.05, 4.69) is 0 Å². The SMILES string of the molecule is O=C(O)C=C(/C=C\C(=O)O)/C=C/C(=O)O. The zero-order valence-electron chi connectivity index (χ0n) is 7.45. The number of hydrogen-bond donors (Lipinski definition) is 3. The van der Waals surface area contributed by atoms with E-state index in [4.69, 9.17) is 15.3 Å². The number of carbonyl (C=O) groups is 3. The summed E-state index contributed by atoms with van der Waals surface area (Å²) in [5.41, 5.74) is -0.0349. The average Bonchev–Trinajstić information content (AvgIpc) is 2.08. The molecule has 6 heteroatoms. The molecule has 0 bridgehead atoms. The monoisotopic (exact) mass is 212 g/mol. The molecule has 0 atom stereocenters. The summed E-state index contributed by atoms with van der Waals surface area (Å²) in [6.45, 7) is 0. The van der Waals surface area contributed by atoms with Crippen molar-refractivity contribution in [2.24, 2.45) is 0 Å². The zero-order chi connectivity index (χ0) is 11.8. The van der Waals surface area contributed by atoms with Gasteiger partial charge in [0.1, 0.15) is 0 Å². The van der Waals surface area contributed by atoms with Gasteiger partial charge in [-0.3, -0.25) is 0 Å². The minimum Gasteiger partial charge on any atom is -0.478 e. The van der Waals surface area contributed by atoms with Crippen LogP contribution in [-0.2, 0) is 14.4 Å². The molecule has 0 aromatic carbocycles. The van der Waals surface area contributed by atoms with Gasteiger partial charge < -0.3 is 15.3 Å². The molecule has 0 unspecified atom stereocenters. The van der Waals surface area contributed by atoms with E-state index in [0.717, 1.165) is 12.2 Å². The first-order valence-corrected chi connectivity index (χ1v) is 3.68. The lowest BCUT2D eigenvalue weighted by Crippen LogP contribution is -1.92. The van der Waals surface area contributed by atoms with Crippen LogP contribution in [0, 0.1) is 0 Å². The highest BCUT2D eigenvalue weighted by atomic mass is 16.4. The van der Waals surface area contributed by atoms with Gasteiger partial charge in [0.25, 0.3) is 0 Å². The number of rotatable bonds is 5. The largest absolute Gasteiger partial charge is 0.478 e. The summed E-state index contributed by atoms with van der Waals surface area (Å²) in [5.74, 6) is -3.81. The molecule has 6 nitrogen and oxygen atoms in total. The Kier molecular flexibility index (Phi) is 5.17. The van der Waals surface area contributed by atoms with Gasteiger partial charge in [-0.1, -0.05) is 0 Å². The highest BCUT2D eigenvalue weighted by Crippen LogP contribution is 1.99. The molecule has 15 heavy (non-hydrogen) atoms. The maximum atomic E-state index is 10.3. The normalized spacial score (nSPS) is 12.1. The molecule has 0 aliphatic heterocycles. The average molecular weight is 212 g/mol. The van der Waals surface area contributed by atoms with E-state index in [1.54, 1.807) is 0 Å². The van der Waals surface area contributed by atoms with E-state index in [1.807, 2.05) is 0 Å². The molecule has 0 aromatic rings. The summed E-state index contributed by atoms with van der Waals surface area (Å²) in [6, 6.07) is 0. The summed E-state index contributed by atoms with van der Waals surface area (Å²) < 4.78 is 0. The van der Waals surface area contributed by atoms with Crippen LogP contribution in [0.3, 0.4) is 0 Å². The fourth-order valence-corrected chi connectivity index (χ4v) is 0.629. The van der Waals surface area contributed by atoms with Crippen LogP contribution in [-0.4, -0.2) is 33.2 Å². The van der Waals surface area contributed by atoms with Crippen LogP contribution in [0.5, 0.6) is 0 Å². The second-order valence-corrected chi connectivity index (χ2v) is 2.33. The minimum absolute atomic E-state index is 0.0349. The first kappa shape index (κ1) is 12.6. The fraction of sp³-hybridized carbons (Fsp3) is 0. The van der Waals surface area contributed by atoms with Crippen molar-refractivity contribution < 1.29 is 29.7 Å². The summed E-state index contributed by atoms with van der Waals surface area (Å²) in [7, 11) is 0. The van der Waals surface area contributed by atoms with E-state index in [9.17, 15) is 14.4 Å². The highest BCUT2D eigenvalue weighted by Gasteiger charge is 1.95. The molecule has 0 heterocycles. The first-order valence-electron chi connectivity index (χ1n) is 3.68. The molecule has 0 radical (unpaired) electrons. The summed E-state index contributed by atoms with van der Waals surface area (Å²) in [6.07, 6.45) is 4.08. The van der Waals surface area contributed by atoms with E-state index < -0.39 is 17.9 Å². The van der Waals surface area contributed by atoms with Gasteiger partial charge in [0.2, 0.25) is 0 Å². The Balaban J connectivity index is 4.83. The lowest BCUT2D eigenvalue weighted by molar-refractivity contribution is -0.132. The van der Waals surface area contributed by atoms with Crippen molar-refractivity contribution in [3.05, 3.63) is 36.0 Å². The molecule has 0 aliphatic carbocycles. The molecule has 0 amide bonds. The standard InChI is InChI=1S/C9H8O6/c10-7(11)3-1-6(5-9(14)15)2-4-8(12)13/h1-5H,(H,10,11)(H,12,13)(H,14,15)/b3-1-,4-2+,6-5?. The van der Waals surface area contributed by atoms with E-state index in [1.165, 1.54) is 0 Å². The van der Waals surface area contributed by atoms with Gasteiger partial charge >= 0.3 is 17.9 Å². The van der Waals surface area contributed by atoms with Crippen molar-refractivity contribution in [1.29, 1.82) is 0 Å². The third-order valence-electron chi connectivity index (χ3n) is 1.13. The van der Waals surface area contributed by atoms with Gasteiger partial charge in [-0.2, -0.15) is 0 Å². The Labute approximate surface area is 84.5 Å². The second kappa shape index (κ2) is 6.14. The molecule has 0 spiro atoms. The Morgan fingerprint density at radius 3 is 1.33 bits per heavy atom. The number of carboxylic acids is 3. The Bertz CT molecular complexity index is 335. The van der Waals surface area contributed by atoms with Crippen LogP contribution >= 0.6 is 0 Å². The van der Waals surface area contributed by atoms with Crippen molar-refractivity contribution in [2.45, 2.75) is 0 Å². The predicted molar refractivity (Wildman–Crippen MR) is 49.3 cm³/mol. The quantitative estimate of drug-likeness (QED) is 0.445. The van der Waals surface area contributed by atoms with E-state index in [0.29, 0.717) is 18.2 Å². The molecular weight excluding hydrogens is 204 g/mol. The van der Waals surface area contributed by atoms with Crippen LogP contribution in [0.15, 0.2) is 36.0 Å². The predicted octanol–water partition coefficient (Wildman–Crippen LogP) is 0.279. The third kappa shape index (κ3) is 7.97. The molecule has 0 aromatic heterocycles. The lowest BCUT2D eigenvalue weighted by atomic mass is 10.2. The number of aliphatic carboxylic acids is 3. The first-order chi connectivity index (χ1) is 6.91. The van der Waals surface area contributed by atoms with Crippen molar-refractivity contribution in [3.63, 3.8) is 0 Å². The van der Waals surface area contributed by atoms with Gasteiger partial charge in [0.15, 0.2) is 0 Å². The van der Waals surface area contributed by atoms with Crippen LogP contribution in [0.2, 0.25) is 0 Å². The van der Waals surface area contributed by atoms with Crippen molar-refractivity contribution >= 4 is 17.9 Å². The molecule has 0 aliphatic rings. The van der Waals surface area contributed by atoms with Crippen molar-refractivity contribution in [1.82, 2.24) is 0 Å². The minimum atomic E-state index is -1.30. The number of carboxylic acid groups (broad SMARTS) is 3. The van der Waals surface area contributed by atoms with Gasteiger partial charge in [-0.15, -0.1) is 0 Å². The Hall–Kier alpha value is -2.37. The number of allylic oxidation sites excluding steroid dienone is 3. The summed E-state index contributed by atoms with van der Waals surface area (Å²) >= 11 is 0. The summed E-state index contributed by atoms with van der Waals surface area (Å²) in [5, 5.41) is 24.9. The molecule has 0 saturated carbocycles. The zero-order valence-corrected chi connectivity index (χ0v) is 7.45. The third-order valence-corrected chi connectivity index (χ3v) is 1.13. The van der Waals surface area contributed by atoms with Gasteiger partial charge in [0, 0.05) is 18.2 Å². The highest BCUT2D eigenvalue weighted by molar-refractivity contribution is 5.86. The van der Waals surface area contributed by atoms with Gasteiger partial charge in [0.05, 0.1) is 0 Å². The molecule has 80 valence electrons. The van der Waals surface area contributed by atoms with Crippen LogP contribution in [0.25, 0.3) is 0 Å². The van der Waals surface area contributed by atoms with Crippen LogP contribution < -0.4 is 0 Å². The second-order valence-electron chi connectivity index (χ2n) is 2.33. The molecule has 3 N–H and O–H groups in total. The lowest BCUT2D eigenvalue weighted by Gasteiger charge is -1.90. The van der Waals surface area contributed by atoms with Gasteiger partial charge in [-0.25, -0.2) is 14.4 Å². The van der Waals surface area contributed by atoms with Crippen molar-refractivity contribution in [2.75, 3.05) is 0 Å². The summed E-state index contributed by atoms with van der Waals surface area (Å²) in [4.78, 5) is 30.5. The Morgan fingerprint density at radius 2 is 1.07 bits per heavy atom. The van der Waals surface area contributed by atoms with Crippen LogP contribution in [0.1, 0.15) is 0 Å². The topological polar surface area (TPSA) is 112 Å². The van der Waals surface area contributed by atoms with Crippen molar-refractivity contribution in [3.8, 4) is 0 Å². The van der Waals surface area contributed by atoms with E-state index >= 15 is 0 Å².